The number of benzene rings is 2. The summed E-state index contributed by atoms with van der Waals surface area (Å²) in [5, 5.41) is 27.6. The highest BCUT2D eigenvalue weighted by Gasteiger charge is 2.72. The molecule has 4 atom stereocenters. The number of piperidine rings is 1. The highest BCUT2D eigenvalue weighted by molar-refractivity contribution is 5.94. The van der Waals surface area contributed by atoms with Crippen molar-refractivity contribution < 1.29 is 19.8 Å². The number of phenols is 1. The second-order valence-electron chi connectivity index (χ2n) is 10.2. The van der Waals surface area contributed by atoms with Crippen LogP contribution < -0.4 is 9.57 Å². The molecule has 2 aliphatic heterocycles. The first-order chi connectivity index (χ1) is 15.6. The molecule has 0 radical (unpaired) electrons. The predicted molar refractivity (Wildman–Crippen MR) is 119 cm³/mol. The number of likely N-dealkylation sites (tertiary alicyclic amines) is 1. The summed E-state index contributed by atoms with van der Waals surface area (Å²) >= 11 is 0. The fraction of sp³-hybridized carbons (Fsp3) is 0.500. The normalized spacial score (nSPS) is 36.0. The Morgan fingerprint density at radius 1 is 1.12 bits per heavy atom. The van der Waals surface area contributed by atoms with Gasteiger partial charge in [-0.3, -0.25) is 4.90 Å². The number of oxime groups is 1. The van der Waals surface area contributed by atoms with E-state index in [4.69, 9.17) is 9.57 Å². The molecule has 166 valence electrons. The molecule has 7 rings (SSSR count). The molecule has 2 aromatic carbocycles. The van der Waals surface area contributed by atoms with Gasteiger partial charge >= 0.3 is 0 Å². The number of phenolic OH excluding ortho intramolecular Hbond substituents is 1. The minimum Gasteiger partial charge on any atom is -0.504 e. The Balaban J connectivity index is 1.34. The van der Waals surface area contributed by atoms with E-state index in [0.717, 1.165) is 43.1 Å². The lowest BCUT2D eigenvalue weighted by Gasteiger charge is -2.63. The molecule has 2 N–H and O–H groups in total. The largest absolute Gasteiger partial charge is 0.504 e. The number of aliphatic hydroxyl groups is 1. The Kier molecular flexibility index (Phi) is 3.84. The van der Waals surface area contributed by atoms with Crippen LogP contribution in [0.1, 0.15) is 43.2 Å². The highest BCUT2D eigenvalue weighted by atomic mass is 16.6. The molecular formula is C26H28N2O4. The maximum atomic E-state index is 12.4. The van der Waals surface area contributed by atoms with Crippen LogP contribution in [0.5, 0.6) is 17.2 Å². The van der Waals surface area contributed by atoms with E-state index in [2.05, 4.69) is 10.1 Å². The first kappa shape index (κ1) is 18.9. The lowest BCUT2D eigenvalue weighted by molar-refractivity contribution is -0.167. The number of rotatable bonds is 4. The van der Waals surface area contributed by atoms with Crippen molar-refractivity contribution in [1.82, 2.24) is 4.90 Å². The van der Waals surface area contributed by atoms with E-state index in [-0.39, 0.29) is 11.8 Å². The van der Waals surface area contributed by atoms with Crippen LogP contribution in [0, 0.1) is 5.92 Å². The van der Waals surface area contributed by atoms with Gasteiger partial charge in [-0.05, 0) is 74.8 Å². The monoisotopic (exact) mass is 432 g/mol. The number of para-hydroxylation sites is 1. The number of hydrogen-bond acceptors (Lipinski definition) is 6. The summed E-state index contributed by atoms with van der Waals surface area (Å²) in [6.07, 6.45) is 5.04. The summed E-state index contributed by atoms with van der Waals surface area (Å²) in [5.41, 5.74) is 1.54. The Labute approximate surface area is 187 Å². The molecule has 2 heterocycles. The van der Waals surface area contributed by atoms with Crippen LogP contribution in [-0.2, 0) is 11.8 Å². The fourth-order valence-electron chi connectivity index (χ4n) is 6.97. The maximum absolute atomic E-state index is 12.4. The zero-order valence-corrected chi connectivity index (χ0v) is 18.0. The van der Waals surface area contributed by atoms with Crippen molar-refractivity contribution in [3.05, 3.63) is 53.6 Å². The topological polar surface area (TPSA) is 74.5 Å². The Bertz CT molecular complexity index is 1110. The van der Waals surface area contributed by atoms with Gasteiger partial charge in [-0.1, -0.05) is 29.4 Å². The Morgan fingerprint density at radius 3 is 2.78 bits per heavy atom. The van der Waals surface area contributed by atoms with E-state index in [1.807, 2.05) is 36.4 Å². The van der Waals surface area contributed by atoms with Crippen molar-refractivity contribution in [3.63, 3.8) is 0 Å². The summed E-state index contributed by atoms with van der Waals surface area (Å²) in [4.78, 5) is 8.31. The van der Waals surface area contributed by atoms with Gasteiger partial charge in [0.05, 0.1) is 16.7 Å². The summed E-state index contributed by atoms with van der Waals surface area (Å²) < 4.78 is 6.46. The van der Waals surface area contributed by atoms with E-state index in [1.54, 1.807) is 6.07 Å². The van der Waals surface area contributed by atoms with Crippen molar-refractivity contribution in [2.24, 2.45) is 11.1 Å². The summed E-state index contributed by atoms with van der Waals surface area (Å²) in [5.74, 6) is 2.14. The molecule has 6 nitrogen and oxygen atoms in total. The average Bonchev–Trinajstić information content (AvgIpc) is 3.54. The number of aromatic hydroxyl groups is 1. The molecule has 1 saturated heterocycles. The highest BCUT2D eigenvalue weighted by Crippen LogP contribution is 2.65. The smallest absolute Gasteiger partial charge is 0.166 e. The first-order valence-corrected chi connectivity index (χ1v) is 11.9. The first-order valence-electron chi connectivity index (χ1n) is 11.9. The summed E-state index contributed by atoms with van der Waals surface area (Å²) in [7, 11) is 0. The maximum Gasteiger partial charge on any atom is 0.166 e. The van der Waals surface area contributed by atoms with Crippen LogP contribution in [0.2, 0.25) is 0 Å². The fourth-order valence-corrected chi connectivity index (χ4v) is 6.97. The second kappa shape index (κ2) is 6.49. The van der Waals surface area contributed by atoms with E-state index in [1.165, 1.54) is 18.4 Å². The van der Waals surface area contributed by atoms with Gasteiger partial charge in [0, 0.05) is 18.2 Å². The van der Waals surface area contributed by atoms with E-state index >= 15 is 0 Å². The Morgan fingerprint density at radius 2 is 1.97 bits per heavy atom. The minimum atomic E-state index is -0.900. The third-order valence-electron chi connectivity index (χ3n) is 8.59. The van der Waals surface area contributed by atoms with Crippen LogP contribution in [0.4, 0.5) is 0 Å². The van der Waals surface area contributed by atoms with Crippen LogP contribution in [0.3, 0.4) is 0 Å². The second-order valence-corrected chi connectivity index (χ2v) is 10.2. The van der Waals surface area contributed by atoms with Gasteiger partial charge in [-0.2, -0.15) is 0 Å². The molecule has 6 heteroatoms. The minimum absolute atomic E-state index is 0.0718. The summed E-state index contributed by atoms with van der Waals surface area (Å²) in [6, 6.07) is 13.4. The van der Waals surface area contributed by atoms with Crippen LogP contribution in [-0.4, -0.2) is 51.7 Å². The number of hydrogen-bond donors (Lipinski definition) is 2. The van der Waals surface area contributed by atoms with Crippen molar-refractivity contribution in [2.45, 2.75) is 61.7 Å². The zero-order valence-electron chi connectivity index (χ0n) is 18.0. The van der Waals surface area contributed by atoms with Crippen molar-refractivity contribution in [1.29, 1.82) is 0 Å². The van der Waals surface area contributed by atoms with Gasteiger partial charge in [-0.15, -0.1) is 0 Å². The molecule has 0 amide bonds. The molecule has 2 aromatic rings. The third-order valence-corrected chi connectivity index (χ3v) is 8.59. The van der Waals surface area contributed by atoms with Crippen molar-refractivity contribution >= 4 is 5.71 Å². The quantitative estimate of drug-likeness (QED) is 0.725. The lowest BCUT2D eigenvalue weighted by atomic mass is 9.49. The molecule has 3 fully saturated rings. The zero-order chi connectivity index (χ0) is 21.5. The van der Waals surface area contributed by atoms with Gasteiger partial charge < -0.3 is 19.8 Å². The molecule has 0 aromatic heterocycles. The van der Waals surface area contributed by atoms with E-state index in [0.29, 0.717) is 24.3 Å². The van der Waals surface area contributed by atoms with Gasteiger partial charge in [0.25, 0.3) is 0 Å². The molecule has 32 heavy (non-hydrogen) atoms. The van der Waals surface area contributed by atoms with Gasteiger partial charge in [0.1, 0.15) is 0 Å². The molecular weight excluding hydrogens is 404 g/mol. The number of ether oxygens (including phenoxy) is 1. The van der Waals surface area contributed by atoms with Crippen LogP contribution >= 0.6 is 0 Å². The molecule has 3 aliphatic carbocycles. The molecule has 5 aliphatic rings. The molecule has 1 spiro atoms. The standard InChI is InChI=1S/C26H28N2O4/c29-20-9-8-17-14-21-26(30)11-10-19(27-32-18-4-2-1-3-5-18)24-25(26,22(17)23(20)31-24)12-13-28(21)15-16-6-7-16/h1-5,8-9,16,21,24,29-30H,6-7,10-15H2/b27-19+/t21-,24+,25+,26-/m1/s1. The van der Waals surface area contributed by atoms with Gasteiger partial charge in [0.15, 0.2) is 23.4 Å². The summed E-state index contributed by atoms with van der Waals surface area (Å²) in [6.45, 7) is 2.01. The van der Waals surface area contributed by atoms with Crippen molar-refractivity contribution in [3.8, 4) is 17.2 Å². The molecule has 0 unspecified atom stereocenters. The predicted octanol–water partition coefficient (Wildman–Crippen LogP) is 3.39. The SMILES string of the molecule is Oc1ccc2c3c1O[C@H]1/C(=N/Oc4ccccc4)CC[C@@]4(O)[C@@H](C2)N(CC2CC2)CC[C@]314. The van der Waals surface area contributed by atoms with E-state index < -0.39 is 17.1 Å². The Hall–Kier alpha value is -2.57. The molecule has 2 saturated carbocycles. The van der Waals surface area contributed by atoms with Crippen molar-refractivity contribution in [2.75, 3.05) is 13.1 Å². The average molecular weight is 433 g/mol. The molecule has 2 bridgehead atoms. The lowest BCUT2D eigenvalue weighted by Crippen LogP contribution is -2.76. The van der Waals surface area contributed by atoms with Crippen LogP contribution in [0.25, 0.3) is 0 Å². The number of nitrogens with zero attached hydrogens (tertiary/aromatic N) is 2. The van der Waals surface area contributed by atoms with Gasteiger partial charge in [0.2, 0.25) is 0 Å². The third kappa shape index (κ3) is 2.40. The van der Waals surface area contributed by atoms with Crippen LogP contribution in [0.15, 0.2) is 47.6 Å². The van der Waals surface area contributed by atoms with Gasteiger partial charge in [-0.25, -0.2) is 0 Å². The van der Waals surface area contributed by atoms with E-state index in [9.17, 15) is 10.2 Å².